The number of esters is 1. The highest BCUT2D eigenvalue weighted by Crippen LogP contribution is 2.64. The molecule has 0 spiro atoms. The molecule has 0 fully saturated rings. The van der Waals surface area contributed by atoms with Crippen molar-refractivity contribution < 1.29 is 19.1 Å². The molecule has 0 saturated carbocycles. The normalized spacial score (nSPS) is 21.9. The van der Waals surface area contributed by atoms with Crippen molar-refractivity contribution in [3.05, 3.63) is 74.9 Å². The number of nitrogens with one attached hydrogen (secondary N) is 2. The van der Waals surface area contributed by atoms with E-state index in [-0.39, 0.29) is 54.3 Å². The van der Waals surface area contributed by atoms with Gasteiger partial charge in [-0.25, -0.2) is 0 Å². The number of H-pyrrole nitrogens is 2. The molecule has 12 nitrogen and oxygen atoms in total. The maximum Gasteiger partial charge on any atom is 0.305 e. The molecule has 0 radical (unpaired) electrons. The second kappa shape index (κ2) is 11.6. The van der Waals surface area contributed by atoms with Gasteiger partial charge in [0.25, 0.3) is 0 Å². The van der Waals surface area contributed by atoms with E-state index in [0.29, 0.717) is 73.4 Å². The Hall–Kier alpha value is -6.37. The molecule has 3 aromatic heterocycles. The van der Waals surface area contributed by atoms with Crippen molar-refractivity contribution in [1.29, 1.82) is 21.0 Å². The Morgan fingerprint density at radius 1 is 0.981 bits per heavy atom. The average Bonchev–Trinajstić information content (AvgIpc) is 3.88. The maximum atomic E-state index is 13.7. The molecule has 2 aliphatic carbocycles. The van der Waals surface area contributed by atoms with Crippen LogP contribution in [0.1, 0.15) is 112 Å². The SMILES string of the molecule is COC(=O)CC[C@@H]1c2nc(cc3[nH]c(cc4nc(cc5[nH]c6c2CC(=O)c6c5C)C2=CCC(C#N)(C#N)C(C#N)(C#N)C24C)c(C(C)=O)c3C)[C@H]1C. The first kappa shape index (κ1) is 34.1. The van der Waals surface area contributed by atoms with Gasteiger partial charge in [0.1, 0.15) is 0 Å². The van der Waals surface area contributed by atoms with E-state index in [1.165, 1.54) is 14.0 Å². The molecule has 7 rings (SSSR count). The number of fused-ring (bicyclic) bond motifs is 11. The van der Waals surface area contributed by atoms with Crippen LogP contribution >= 0.6 is 0 Å². The standard InChI is InChI=1S/C40H34N8O4/c1-19-23(7-8-33(51)52-6)36-24-11-31(50)35-21(3)28(48-37(24)35)13-29-25-9-10-39(15-41,16-42)40(17-43,18-44)38(25,5)32(46-29)14-30-34(22(4)49)20(2)27(45-30)12-26(19)47-36/h9,12-14,19,23,45,48H,7-8,10-11H2,1-6H3/t19-,23-,38?/m0/s1. The number of hydrogen-bond donors (Lipinski definition) is 2. The van der Waals surface area contributed by atoms with Crippen LogP contribution in [-0.2, 0) is 21.4 Å². The monoisotopic (exact) mass is 690 g/mol. The van der Waals surface area contributed by atoms with Crippen LogP contribution in [0.4, 0.5) is 0 Å². The number of aromatic nitrogens is 4. The van der Waals surface area contributed by atoms with E-state index in [0.717, 1.165) is 5.56 Å². The van der Waals surface area contributed by atoms with Crippen LogP contribution in [0.15, 0.2) is 24.3 Å². The summed E-state index contributed by atoms with van der Waals surface area (Å²) >= 11 is 0. The molecule has 1 unspecified atom stereocenters. The van der Waals surface area contributed by atoms with Crippen LogP contribution < -0.4 is 0 Å². The second-order valence-corrected chi connectivity index (χ2v) is 14.3. The highest BCUT2D eigenvalue weighted by Gasteiger charge is 2.70. The Bertz CT molecular complexity index is 2530. The number of allylic oxidation sites excluding steroid dienone is 2. The number of nitrogens with zero attached hydrogens (tertiary/aromatic N) is 6. The lowest BCUT2D eigenvalue weighted by molar-refractivity contribution is -0.140. The van der Waals surface area contributed by atoms with Crippen molar-refractivity contribution in [1.82, 2.24) is 19.9 Å². The Labute approximate surface area is 299 Å². The first-order valence-corrected chi connectivity index (χ1v) is 17.0. The fourth-order valence-electron chi connectivity index (χ4n) is 8.88. The Kier molecular flexibility index (Phi) is 7.60. The van der Waals surface area contributed by atoms with Crippen molar-refractivity contribution >= 4 is 45.2 Å². The summed E-state index contributed by atoms with van der Waals surface area (Å²) in [6, 6.07) is 13.5. The molecular weight excluding hydrogens is 656 g/mol. The Morgan fingerprint density at radius 3 is 2.31 bits per heavy atom. The van der Waals surface area contributed by atoms with Gasteiger partial charge in [-0.15, -0.1) is 0 Å². The van der Waals surface area contributed by atoms with E-state index < -0.39 is 16.2 Å². The molecular formula is C40H34N8O4. The topological polar surface area (TPSA) is 213 Å². The predicted molar refractivity (Wildman–Crippen MR) is 188 cm³/mol. The molecule has 52 heavy (non-hydrogen) atoms. The van der Waals surface area contributed by atoms with E-state index in [9.17, 15) is 35.4 Å². The first-order valence-electron chi connectivity index (χ1n) is 17.0. The smallest absolute Gasteiger partial charge is 0.305 e. The predicted octanol–water partition coefficient (Wildman–Crippen LogP) is 6.53. The fourth-order valence-corrected chi connectivity index (χ4v) is 8.88. The van der Waals surface area contributed by atoms with E-state index >= 15 is 0 Å². The highest BCUT2D eigenvalue weighted by molar-refractivity contribution is 6.13. The molecule has 8 bridgehead atoms. The van der Waals surface area contributed by atoms with Gasteiger partial charge in [0.05, 0.1) is 64.9 Å². The van der Waals surface area contributed by atoms with E-state index in [4.69, 9.17) is 14.7 Å². The molecule has 3 aromatic rings. The van der Waals surface area contributed by atoms with Crippen LogP contribution in [0.3, 0.4) is 0 Å². The van der Waals surface area contributed by atoms with Gasteiger partial charge in [0, 0.05) is 64.5 Å². The minimum atomic E-state index is -2.20. The van der Waals surface area contributed by atoms with Crippen molar-refractivity contribution in [2.75, 3.05) is 7.11 Å². The molecule has 0 amide bonds. The van der Waals surface area contributed by atoms with Crippen LogP contribution in [0.25, 0.3) is 27.6 Å². The van der Waals surface area contributed by atoms with E-state index in [1.54, 1.807) is 25.1 Å². The van der Waals surface area contributed by atoms with Gasteiger partial charge < -0.3 is 14.7 Å². The van der Waals surface area contributed by atoms with Crippen LogP contribution in [-0.4, -0.2) is 44.6 Å². The lowest BCUT2D eigenvalue weighted by atomic mass is 9.46. The molecule has 0 saturated heterocycles. The lowest BCUT2D eigenvalue weighted by Crippen LogP contribution is -2.54. The molecule has 12 heteroatoms. The van der Waals surface area contributed by atoms with Crippen molar-refractivity contribution in [2.24, 2.45) is 10.8 Å². The summed E-state index contributed by atoms with van der Waals surface area (Å²) in [6.07, 6.45) is 2.25. The number of nitriles is 4. The molecule has 258 valence electrons. The number of aryl methyl sites for hydroxylation is 2. The number of rotatable bonds is 4. The summed E-state index contributed by atoms with van der Waals surface area (Å²) in [5.41, 5.74) is 1.86. The number of methoxy groups -OCH3 is 1. The highest BCUT2D eigenvalue weighted by atomic mass is 16.5. The number of hydrogen-bond acceptors (Lipinski definition) is 10. The van der Waals surface area contributed by atoms with Gasteiger partial charge in [0.2, 0.25) is 0 Å². The van der Waals surface area contributed by atoms with Crippen LogP contribution in [0.5, 0.6) is 0 Å². The zero-order valence-corrected chi connectivity index (χ0v) is 29.6. The summed E-state index contributed by atoms with van der Waals surface area (Å²) in [5.74, 6) is -1.02. The molecule has 2 aliphatic heterocycles. The van der Waals surface area contributed by atoms with E-state index in [2.05, 4.69) is 22.1 Å². The van der Waals surface area contributed by atoms with Crippen LogP contribution in [0, 0.1) is 70.0 Å². The number of carbonyl (C=O) groups is 3. The lowest BCUT2D eigenvalue weighted by Gasteiger charge is -2.46. The number of aromatic amines is 2. The number of ether oxygens (including phenoxy) is 1. The summed E-state index contributed by atoms with van der Waals surface area (Å²) < 4.78 is 4.95. The molecule has 4 aliphatic rings. The third-order valence-corrected chi connectivity index (χ3v) is 11.9. The maximum absolute atomic E-state index is 13.7. The van der Waals surface area contributed by atoms with Gasteiger partial charge in [0.15, 0.2) is 22.4 Å². The molecule has 3 atom stereocenters. The zero-order chi connectivity index (χ0) is 37.5. The zero-order valence-electron chi connectivity index (χ0n) is 29.6. The molecule has 2 N–H and O–H groups in total. The number of carbonyl (C=O) groups excluding carboxylic acids is 3. The van der Waals surface area contributed by atoms with Gasteiger partial charge in [-0.2, -0.15) is 21.0 Å². The van der Waals surface area contributed by atoms with Gasteiger partial charge >= 0.3 is 5.97 Å². The largest absolute Gasteiger partial charge is 0.469 e. The van der Waals surface area contributed by atoms with Crippen LogP contribution in [0.2, 0.25) is 0 Å². The summed E-state index contributed by atoms with van der Waals surface area (Å²) in [5, 5.41) is 42.4. The number of ketones is 2. The second-order valence-electron chi connectivity index (χ2n) is 14.3. The van der Waals surface area contributed by atoms with Gasteiger partial charge in [-0.3, -0.25) is 24.4 Å². The molecule has 5 heterocycles. The van der Waals surface area contributed by atoms with Gasteiger partial charge in [-0.1, -0.05) is 13.0 Å². The minimum Gasteiger partial charge on any atom is -0.469 e. The third-order valence-electron chi connectivity index (χ3n) is 11.9. The number of Topliss-reactive ketones (excluding diaryl/α,β-unsaturated/α-hetero) is 2. The fraction of sp³-hybridized carbons (Fsp3) is 0.375. The summed E-state index contributed by atoms with van der Waals surface area (Å²) in [7, 11) is 1.35. The third kappa shape index (κ3) is 4.25. The summed E-state index contributed by atoms with van der Waals surface area (Å²) in [4.78, 5) is 56.2. The van der Waals surface area contributed by atoms with E-state index in [1.807, 2.05) is 39.0 Å². The molecule has 0 aromatic carbocycles. The van der Waals surface area contributed by atoms with Crippen molar-refractivity contribution in [3.63, 3.8) is 0 Å². The Morgan fingerprint density at radius 2 is 1.67 bits per heavy atom. The van der Waals surface area contributed by atoms with Crippen molar-refractivity contribution in [3.8, 4) is 24.3 Å². The minimum absolute atomic E-state index is 0.0774. The Balaban J connectivity index is 1.66. The average molecular weight is 691 g/mol. The first-order chi connectivity index (χ1) is 24.8. The summed E-state index contributed by atoms with van der Waals surface area (Å²) in [6.45, 7) is 8.76. The quantitative estimate of drug-likeness (QED) is 0.223. The van der Waals surface area contributed by atoms with Gasteiger partial charge in [-0.05, 0) is 69.0 Å². The van der Waals surface area contributed by atoms with Crippen molar-refractivity contribution in [2.45, 2.75) is 77.6 Å².